The molecule has 1 saturated heterocycles. The van der Waals surface area contributed by atoms with Crippen LogP contribution in [0.25, 0.3) is 22.6 Å². The van der Waals surface area contributed by atoms with Crippen molar-refractivity contribution in [2.45, 2.75) is 43.8 Å². The molecule has 37 heavy (non-hydrogen) atoms. The zero-order chi connectivity index (χ0) is 25.4. The van der Waals surface area contributed by atoms with E-state index in [1.165, 1.54) is 17.2 Å². The number of hydrogen-bond donors (Lipinski definition) is 3. The zero-order valence-corrected chi connectivity index (χ0v) is 20.1. The molecule has 6 nitrogen and oxygen atoms in total. The Morgan fingerprint density at radius 3 is 2.38 bits per heavy atom. The van der Waals surface area contributed by atoms with Gasteiger partial charge in [0.1, 0.15) is 5.82 Å². The van der Waals surface area contributed by atoms with Crippen molar-refractivity contribution in [3.05, 3.63) is 83.3 Å². The molecule has 0 atom stereocenters. The van der Waals surface area contributed by atoms with Crippen LogP contribution >= 0.6 is 0 Å². The van der Waals surface area contributed by atoms with Crippen molar-refractivity contribution in [3.63, 3.8) is 0 Å². The van der Waals surface area contributed by atoms with Gasteiger partial charge in [-0.3, -0.25) is 0 Å². The summed E-state index contributed by atoms with van der Waals surface area (Å²) in [5.74, 6) is 1.47. The lowest BCUT2D eigenvalue weighted by Gasteiger charge is -2.20. The standard InChI is InChI=1S/C28H27F3N6/c29-28(30,31)21-7-3-6-20(14-21)24-25(37-26(36-24)17-8-11-32-12-9-17)23-10-13-33-27(35-23)34-22-15-18-4-1-2-5-19(18)16-22/h1-7,10,13-14,17,22,32H,8-9,11-12,15-16H2,(H,36,37)(H,33,34,35). The van der Waals surface area contributed by atoms with E-state index in [-0.39, 0.29) is 12.0 Å². The van der Waals surface area contributed by atoms with Crippen molar-refractivity contribution in [1.29, 1.82) is 0 Å². The number of H-pyrrole nitrogens is 1. The van der Waals surface area contributed by atoms with E-state index >= 15 is 0 Å². The van der Waals surface area contributed by atoms with Gasteiger partial charge in [-0.25, -0.2) is 15.0 Å². The fourth-order valence-electron chi connectivity index (χ4n) is 5.33. The molecular weight excluding hydrogens is 477 g/mol. The minimum absolute atomic E-state index is 0.183. The fraction of sp³-hybridized carbons (Fsp3) is 0.321. The largest absolute Gasteiger partial charge is 0.416 e. The molecular formula is C28H27F3N6. The van der Waals surface area contributed by atoms with Crippen LogP contribution in [-0.2, 0) is 19.0 Å². The third kappa shape index (κ3) is 4.96. The van der Waals surface area contributed by atoms with Gasteiger partial charge in [0.05, 0.1) is 22.6 Å². The lowest BCUT2D eigenvalue weighted by molar-refractivity contribution is -0.137. The van der Waals surface area contributed by atoms with Crippen LogP contribution in [0.2, 0.25) is 0 Å². The van der Waals surface area contributed by atoms with E-state index in [1.54, 1.807) is 18.3 Å². The number of hydrogen-bond acceptors (Lipinski definition) is 5. The van der Waals surface area contributed by atoms with Crippen LogP contribution in [0.1, 0.15) is 41.3 Å². The van der Waals surface area contributed by atoms with Crippen molar-refractivity contribution in [3.8, 4) is 22.6 Å². The quantitative estimate of drug-likeness (QED) is 0.330. The number of halogens is 3. The van der Waals surface area contributed by atoms with Crippen LogP contribution in [0.4, 0.5) is 19.1 Å². The van der Waals surface area contributed by atoms with Crippen LogP contribution in [0.3, 0.4) is 0 Å². The number of anilines is 1. The lowest BCUT2D eigenvalue weighted by atomic mass is 9.98. The van der Waals surface area contributed by atoms with Crippen molar-refractivity contribution in [1.82, 2.24) is 25.3 Å². The van der Waals surface area contributed by atoms with Crippen LogP contribution in [-0.4, -0.2) is 39.1 Å². The van der Waals surface area contributed by atoms with Gasteiger partial charge < -0.3 is 15.6 Å². The highest BCUT2D eigenvalue weighted by Crippen LogP contribution is 2.37. The van der Waals surface area contributed by atoms with Gasteiger partial charge in [-0.15, -0.1) is 0 Å². The molecule has 9 heteroatoms. The van der Waals surface area contributed by atoms with Crippen molar-refractivity contribution in [2.75, 3.05) is 18.4 Å². The van der Waals surface area contributed by atoms with Gasteiger partial charge in [0, 0.05) is 23.7 Å². The number of piperidine rings is 1. The maximum absolute atomic E-state index is 13.5. The summed E-state index contributed by atoms with van der Waals surface area (Å²) >= 11 is 0. The van der Waals surface area contributed by atoms with E-state index in [9.17, 15) is 13.2 Å². The van der Waals surface area contributed by atoms with Gasteiger partial charge in [0.15, 0.2) is 0 Å². The minimum Gasteiger partial charge on any atom is -0.351 e. The number of alkyl halides is 3. The number of benzene rings is 2. The smallest absolute Gasteiger partial charge is 0.351 e. The Morgan fingerprint density at radius 2 is 1.65 bits per heavy atom. The zero-order valence-electron chi connectivity index (χ0n) is 20.1. The number of nitrogens with one attached hydrogen (secondary N) is 3. The van der Waals surface area contributed by atoms with E-state index < -0.39 is 11.7 Å². The monoisotopic (exact) mass is 504 g/mol. The second-order valence-corrected chi connectivity index (χ2v) is 9.73. The molecule has 0 spiro atoms. The first-order valence-electron chi connectivity index (χ1n) is 12.6. The van der Waals surface area contributed by atoms with Crippen molar-refractivity contribution < 1.29 is 13.2 Å². The molecule has 0 unspecified atom stereocenters. The van der Waals surface area contributed by atoms with Crippen molar-refractivity contribution >= 4 is 5.95 Å². The molecule has 190 valence electrons. The average molecular weight is 505 g/mol. The highest BCUT2D eigenvalue weighted by molar-refractivity contribution is 5.77. The second-order valence-electron chi connectivity index (χ2n) is 9.73. The molecule has 0 radical (unpaired) electrons. The van der Waals surface area contributed by atoms with Crippen LogP contribution < -0.4 is 10.6 Å². The molecule has 2 aromatic heterocycles. The van der Waals surface area contributed by atoms with E-state index in [1.807, 2.05) is 12.1 Å². The number of aromatic amines is 1. The Kier molecular flexibility index (Phi) is 6.16. The molecule has 0 saturated carbocycles. The maximum Gasteiger partial charge on any atom is 0.416 e. The topological polar surface area (TPSA) is 78.5 Å². The summed E-state index contributed by atoms with van der Waals surface area (Å²) in [5.41, 5.74) is 4.01. The Balaban J connectivity index is 1.35. The number of nitrogens with zero attached hydrogens (tertiary/aromatic N) is 3. The molecule has 6 rings (SSSR count). The summed E-state index contributed by atoms with van der Waals surface area (Å²) in [7, 11) is 0. The van der Waals surface area contributed by atoms with Crippen molar-refractivity contribution in [2.24, 2.45) is 0 Å². The maximum atomic E-state index is 13.5. The van der Waals surface area contributed by atoms with E-state index in [2.05, 4.69) is 32.7 Å². The van der Waals surface area contributed by atoms with Crippen LogP contribution in [0, 0.1) is 0 Å². The molecule has 1 fully saturated rings. The second kappa shape index (κ2) is 9.63. The molecule has 2 aliphatic rings. The molecule has 1 aliphatic heterocycles. The Bertz CT molecular complexity index is 1380. The predicted octanol–water partition coefficient (Wildman–Crippen LogP) is 5.60. The molecule has 1 aliphatic carbocycles. The average Bonchev–Trinajstić information content (AvgIpc) is 3.53. The highest BCUT2D eigenvalue weighted by Gasteiger charge is 2.31. The molecule has 3 heterocycles. The van der Waals surface area contributed by atoms with Gasteiger partial charge in [-0.05, 0) is 68.1 Å². The summed E-state index contributed by atoms with van der Waals surface area (Å²) in [6, 6.07) is 15.7. The first kappa shape index (κ1) is 23.7. The first-order valence-corrected chi connectivity index (χ1v) is 12.6. The Hall–Kier alpha value is -3.72. The van der Waals surface area contributed by atoms with Gasteiger partial charge in [-0.2, -0.15) is 13.2 Å². The number of imidazole rings is 1. The minimum atomic E-state index is -4.44. The summed E-state index contributed by atoms with van der Waals surface area (Å²) < 4.78 is 40.5. The normalized spacial score (nSPS) is 16.6. The molecule has 0 bridgehead atoms. The van der Waals surface area contributed by atoms with E-state index in [0.29, 0.717) is 28.6 Å². The first-order chi connectivity index (χ1) is 17.9. The lowest BCUT2D eigenvalue weighted by Crippen LogP contribution is -2.27. The number of fused-ring (bicyclic) bond motifs is 1. The van der Waals surface area contributed by atoms with E-state index in [4.69, 9.17) is 9.97 Å². The third-order valence-electron chi connectivity index (χ3n) is 7.21. The summed E-state index contributed by atoms with van der Waals surface area (Å²) in [6.45, 7) is 1.76. The van der Waals surface area contributed by atoms with Crippen LogP contribution in [0.5, 0.6) is 0 Å². The van der Waals surface area contributed by atoms with Gasteiger partial charge in [-0.1, -0.05) is 36.4 Å². The predicted molar refractivity (Wildman–Crippen MR) is 136 cm³/mol. The molecule has 3 N–H and O–H groups in total. The summed E-state index contributed by atoms with van der Waals surface area (Å²) in [4.78, 5) is 17.4. The Labute approximate surface area is 212 Å². The number of aromatic nitrogens is 4. The number of rotatable bonds is 5. The SMILES string of the molecule is FC(F)(F)c1cccc(-c2nc(C3CCNCC3)[nH]c2-c2ccnc(NC3Cc4ccccc4C3)n2)c1. The fourth-order valence-corrected chi connectivity index (χ4v) is 5.33. The highest BCUT2D eigenvalue weighted by atomic mass is 19.4. The van der Waals surface area contributed by atoms with E-state index in [0.717, 1.165) is 56.7 Å². The molecule has 4 aromatic rings. The van der Waals surface area contributed by atoms with Gasteiger partial charge in [0.25, 0.3) is 0 Å². The van der Waals surface area contributed by atoms with Gasteiger partial charge in [0.2, 0.25) is 5.95 Å². The van der Waals surface area contributed by atoms with Gasteiger partial charge >= 0.3 is 6.18 Å². The third-order valence-corrected chi connectivity index (χ3v) is 7.21. The van der Waals surface area contributed by atoms with Crippen LogP contribution in [0.15, 0.2) is 60.8 Å². The summed E-state index contributed by atoms with van der Waals surface area (Å²) in [5, 5.41) is 6.79. The Morgan fingerprint density at radius 1 is 0.892 bits per heavy atom. The summed E-state index contributed by atoms with van der Waals surface area (Å²) in [6.07, 6.45) is 0.844. The molecule has 2 aromatic carbocycles. The molecule has 0 amide bonds.